The number of carbonyl (C=O) groups is 2. The Bertz CT molecular complexity index is 915. The summed E-state index contributed by atoms with van der Waals surface area (Å²) in [6.07, 6.45) is 14.6. The number of aromatic carboxylic acids is 1. The van der Waals surface area contributed by atoms with Crippen LogP contribution in [0.1, 0.15) is 98.0 Å². The summed E-state index contributed by atoms with van der Waals surface area (Å²) in [5.74, 6) is -0.445. The van der Waals surface area contributed by atoms with E-state index in [0.29, 0.717) is 29.7 Å². The molecular formula is C27H37NO5S. The van der Waals surface area contributed by atoms with Gasteiger partial charge in [-0.25, -0.2) is 4.79 Å². The van der Waals surface area contributed by atoms with Crippen LogP contribution in [0.5, 0.6) is 0 Å². The maximum absolute atomic E-state index is 14.0. The number of allylic oxidation sites excluding steroid dienone is 2. The van der Waals surface area contributed by atoms with Crippen LogP contribution in [0.25, 0.3) is 0 Å². The molecule has 1 aromatic rings. The molecule has 3 fully saturated rings. The van der Waals surface area contributed by atoms with Crippen molar-refractivity contribution in [3.8, 4) is 0 Å². The summed E-state index contributed by atoms with van der Waals surface area (Å²) in [6.45, 7) is 3.51. The molecule has 6 nitrogen and oxygen atoms in total. The summed E-state index contributed by atoms with van der Waals surface area (Å²) in [6, 6.07) is 2.00. The maximum atomic E-state index is 14.0. The molecule has 34 heavy (non-hydrogen) atoms. The first-order valence-corrected chi connectivity index (χ1v) is 13.9. The fraction of sp³-hybridized carbons (Fsp3) is 0.704. The van der Waals surface area contributed by atoms with Gasteiger partial charge in [-0.2, -0.15) is 0 Å². The lowest BCUT2D eigenvalue weighted by atomic mass is 9.81. The molecule has 1 aliphatic heterocycles. The summed E-state index contributed by atoms with van der Waals surface area (Å²) in [7, 11) is 0. The molecule has 7 heteroatoms. The molecule has 0 bridgehead atoms. The van der Waals surface area contributed by atoms with Crippen LogP contribution in [0.15, 0.2) is 18.2 Å². The summed E-state index contributed by atoms with van der Waals surface area (Å²) in [4.78, 5) is 29.7. The van der Waals surface area contributed by atoms with Crippen LogP contribution in [0, 0.1) is 11.8 Å². The van der Waals surface area contributed by atoms with Gasteiger partial charge >= 0.3 is 5.97 Å². The lowest BCUT2D eigenvalue weighted by Crippen LogP contribution is -2.49. The van der Waals surface area contributed by atoms with Crippen molar-refractivity contribution in [3.05, 3.63) is 28.0 Å². The molecule has 1 saturated heterocycles. The van der Waals surface area contributed by atoms with Gasteiger partial charge in [0.15, 0.2) is 5.79 Å². The smallest absolute Gasteiger partial charge is 0.348 e. The van der Waals surface area contributed by atoms with E-state index in [4.69, 9.17) is 9.47 Å². The number of carboxylic acids is 1. The lowest BCUT2D eigenvalue weighted by molar-refractivity contribution is -0.179. The second-order valence-electron chi connectivity index (χ2n) is 10.6. The number of carboxylic acid groups (broad SMARTS) is 1. The van der Waals surface area contributed by atoms with Gasteiger partial charge in [0.25, 0.3) is 0 Å². The number of nitrogens with zero attached hydrogens (tertiary/aromatic N) is 1. The normalized spacial score (nSPS) is 29.4. The zero-order chi connectivity index (χ0) is 23.7. The minimum absolute atomic E-state index is 0.0206. The van der Waals surface area contributed by atoms with Crippen molar-refractivity contribution >= 4 is 28.9 Å². The van der Waals surface area contributed by atoms with E-state index in [-0.39, 0.29) is 23.8 Å². The van der Waals surface area contributed by atoms with E-state index in [1.165, 1.54) is 11.3 Å². The molecule has 186 valence electrons. The third kappa shape index (κ3) is 4.84. The third-order valence-electron chi connectivity index (χ3n) is 8.30. The van der Waals surface area contributed by atoms with E-state index in [1.54, 1.807) is 0 Å². The van der Waals surface area contributed by atoms with Crippen molar-refractivity contribution in [2.75, 3.05) is 18.1 Å². The number of hydrogen-bond donors (Lipinski definition) is 1. The van der Waals surface area contributed by atoms with Crippen molar-refractivity contribution in [2.24, 2.45) is 11.8 Å². The van der Waals surface area contributed by atoms with E-state index in [2.05, 4.69) is 19.1 Å². The van der Waals surface area contributed by atoms with E-state index in [9.17, 15) is 14.7 Å². The molecule has 1 atom stereocenters. The van der Waals surface area contributed by atoms with Gasteiger partial charge in [0.05, 0.1) is 18.9 Å². The Morgan fingerprint density at radius 2 is 1.76 bits per heavy atom. The molecule has 2 saturated carbocycles. The number of carbonyl (C=O) groups excluding carboxylic acids is 1. The monoisotopic (exact) mass is 487 g/mol. The first kappa shape index (κ1) is 24.0. The number of anilines is 1. The summed E-state index contributed by atoms with van der Waals surface area (Å²) in [5.41, 5.74) is 0.615. The number of thiophene rings is 1. The van der Waals surface area contributed by atoms with Gasteiger partial charge in [-0.1, -0.05) is 19.1 Å². The Kier molecular flexibility index (Phi) is 7.14. The molecule has 1 spiro atoms. The molecule has 1 unspecified atom stereocenters. The van der Waals surface area contributed by atoms with Crippen LogP contribution in [-0.4, -0.2) is 42.0 Å². The van der Waals surface area contributed by atoms with Gasteiger partial charge in [-0.3, -0.25) is 4.79 Å². The standard InChI is InChI=1S/C27H37NO5S/c1-18-7-9-20(10-8-18)25(29)28(21-11-13-27(14-12-21)32-15-16-33-27)22-17-23(34-24(22)26(30)31)19-5-3-2-4-6-19/h3,5,17-21H,2,4,6-16H2,1H3,(H,30,31)/t18-,19?,20-. The Balaban J connectivity index is 1.47. The van der Waals surface area contributed by atoms with Crippen LogP contribution in [-0.2, 0) is 14.3 Å². The highest BCUT2D eigenvalue weighted by Crippen LogP contribution is 2.44. The molecule has 1 N–H and O–H groups in total. The van der Waals surface area contributed by atoms with Crippen LogP contribution < -0.4 is 4.90 Å². The number of hydrogen-bond acceptors (Lipinski definition) is 5. The molecule has 2 heterocycles. The molecule has 1 amide bonds. The second kappa shape index (κ2) is 10.1. The first-order chi connectivity index (χ1) is 16.5. The largest absolute Gasteiger partial charge is 0.477 e. The Morgan fingerprint density at radius 1 is 1.06 bits per heavy atom. The Morgan fingerprint density at radius 3 is 2.38 bits per heavy atom. The molecule has 4 aliphatic rings. The highest BCUT2D eigenvalue weighted by molar-refractivity contribution is 7.14. The molecular weight excluding hydrogens is 450 g/mol. The highest BCUT2D eigenvalue weighted by Gasteiger charge is 2.44. The molecule has 5 rings (SSSR count). The average molecular weight is 488 g/mol. The van der Waals surface area contributed by atoms with Gasteiger partial charge < -0.3 is 19.5 Å². The minimum Gasteiger partial charge on any atom is -0.477 e. The molecule has 1 aromatic heterocycles. The van der Waals surface area contributed by atoms with Gasteiger partial charge in [0.2, 0.25) is 5.91 Å². The van der Waals surface area contributed by atoms with Crippen molar-refractivity contribution in [1.29, 1.82) is 0 Å². The molecule has 0 aromatic carbocycles. The van der Waals surface area contributed by atoms with Crippen LogP contribution >= 0.6 is 11.3 Å². The third-order valence-corrected chi connectivity index (χ3v) is 9.55. The zero-order valence-corrected chi connectivity index (χ0v) is 21.0. The van der Waals surface area contributed by atoms with Crippen LogP contribution in [0.2, 0.25) is 0 Å². The highest BCUT2D eigenvalue weighted by atomic mass is 32.1. The van der Waals surface area contributed by atoms with Crippen molar-refractivity contribution in [2.45, 2.75) is 95.3 Å². The first-order valence-electron chi connectivity index (χ1n) is 13.1. The number of rotatable bonds is 5. The second-order valence-corrected chi connectivity index (χ2v) is 11.7. The topological polar surface area (TPSA) is 76.1 Å². The fourth-order valence-electron chi connectivity index (χ4n) is 6.25. The van der Waals surface area contributed by atoms with E-state index >= 15 is 0 Å². The number of ether oxygens (including phenoxy) is 2. The van der Waals surface area contributed by atoms with E-state index < -0.39 is 11.8 Å². The van der Waals surface area contributed by atoms with Gasteiger partial charge in [-0.05, 0) is 69.8 Å². The Labute approximate surface area is 206 Å². The lowest BCUT2D eigenvalue weighted by Gasteiger charge is -2.42. The fourth-order valence-corrected chi connectivity index (χ4v) is 7.35. The van der Waals surface area contributed by atoms with E-state index in [0.717, 1.165) is 75.5 Å². The summed E-state index contributed by atoms with van der Waals surface area (Å²) < 4.78 is 11.8. The average Bonchev–Trinajstić information content (AvgIpc) is 3.49. The SMILES string of the molecule is C[C@H]1CC[C@H](C(=O)N(c2cc(C3C=CCCC3)sc2C(=O)O)C2CCC3(CC2)OCCO3)CC1. The summed E-state index contributed by atoms with van der Waals surface area (Å²) >= 11 is 1.36. The predicted molar refractivity (Wildman–Crippen MR) is 133 cm³/mol. The van der Waals surface area contributed by atoms with Gasteiger partial charge in [-0.15, -0.1) is 11.3 Å². The predicted octanol–water partition coefficient (Wildman–Crippen LogP) is 6.12. The van der Waals surface area contributed by atoms with Crippen LogP contribution in [0.4, 0.5) is 5.69 Å². The number of amides is 1. The van der Waals surface area contributed by atoms with E-state index in [1.807, 2.05) is 11.0 Å². The van der Waals surface area contributed by atoms with Crippen molar-refractivity contribution in [3.63, 3.8) is 0 Å². The summed E-state index contributed by atoms with van der Waals surface area (Å²) in [5, 5.41) is 10.1. The molecule has 3 aliphatic carbocycles. The van der Waals surface area contributed by atoms with Gasteiger partial charge in [0.1, 0.15) is 4.88 Å². The van der Waals surface area contributed by atoms with Crippen molar-refractivity contribution in [1.82, 2.24) is 0 Å². The maximum Gasteiger partial charge on any atom is 0.348 e. The molecule has 0 radical (unpaired) electrons. The quantitative estimate of drug-likeness (QED) is 0.507. The van der Waals surface area contributed by atoms with Crippen molar-refractivity contribution < 1.29 is 24.2 Å². The minimum atomic E-state index is -0.934. The van der Waals surface area contributed by atoms with Crippen LogP contribution in [0.3, 0.4) is 0 Å². The van der Waals surface area contributed by atoms with Gasteiger partial charge in [0, 0.05) is 35.6 Å². The zero-order valence-electron chi connectivity index (χ0n) is 20.2. The Hall–Kier alpha value is -1.70.